The van der Waals surface area contributed by atoms with E-state index in [0.717, 1.165) is 50.8 Å². The number of nitrogens with one attached hydrogen (secondary N) is 2. The largest absolute Gasteiger partial charge is 0.357 e. The van der Waals surface area contributed by atoms with Crippen LogP contribution in [0.25, 0.3) is 0 Å². The lowest BCUT2D eigenvalue weighted by Gasteiger charge is -2.26. The third-order valence-electron chi connectivity index (χ3n) is 4.23. The highest BCUT2D eigenvalue weighted by atomic mass is 16.2. The van der Waals surface area contributed by atoms with Gasteiger partial charge in [-0.15, -0.1) is 0 Å². The van der Waals surface area contributed by atoms with Crippen molar-refractivity contribution in [3.8, 4) is 0 Å². The fourth-order valence-electron chi connectivity index (χ4n) is 2.85. The zero-order chi connectivity index (χ0) is 17.1. The van der Waals surface area contributed by atoms with Gasteiger partial charge < -0.3 is 15.5 Å². The molecule has 0 aromatic carbocycles. The van der Waals surface area contributed by atoms with E-state index in [9.17, 15) is 4.79 Å². The van der Waals surface area contributed by atoms with E-state index in [1.165, 1.54) is 19.3 Å². The Kier molecular flexibility index (Phi) is 9.72. The molecule has 0 radical (unpaired) electrons. The van der Waals surface area contributed by atoms with E-state index >= 15 is 0 Å². The van der Waals surface area contributed by atoms with Crippen molar-refractivity contribution >= 4 is 11.9 Å². The van der Waals surface area contributed by atoms with E-state index in [2.05, 4.69) is 36.4 Å². The Morgan fingerprint density at radius 3 is 2.43 bits per heavy atom. The predicted octanol–water partition coefficient (Wildman–Crippen LogP) is 2.77. The van der Waals surface area contributed by atoms with Crippen LogP contribution in [-0.4, -0.2) is 49.0 Å². The van der Waals surface area contributed by atoms with Crippen molar-refractivity contribution in [2.75, 3.05) is 26.2 Å². The highest BCUT2D eigenvalue weighted by Crippen LogP contribution is 2.09. The van der Waals surface area contributed by atoms with Gasteiger partial charge in [0, 0.05) is 25.7 Å². The molecule has 1 saturated heterocycles. The molecule has 1 aliphatic rings. The van der Waals surface area contributed by atoms with E-state index in [-0.39, 0.29) is 12.5 Å². The summed E-state index contributed by atoms with van der Waals surface area (Å²) in [6.45, 7) is 11.6. The molecule has 0 bridgehead atoms. The zero-order valence-corrected chi connectivity index (χ0v) is 15.5. The third kappa shape index (κ3) is 8.82. The Bertz CT molecular complexity index is 362. The second-order valence-electron chi connectivity index (χ2n) is 7.01. The van der Waals surface area contributed by atoms with Gasteiger partial charge in [0.1, 0.15) is 6.54 Å². The summed E-state index contributed by atoms with van der Waals surface area (Å²) in [5.74, 6) is 1.66. The van der Waals surface area contributed by atoms with Crippen LogP contribution in [0.5, 0.6) is 0 Å². The molecule has 1 amide bonds. The molecule has 0 aliphatic carbocycles. The third-order valence-corrected chi connectivity index (χ3v) is 4.23. The second-order valence-corrected chi connectivity index (χ2v) is 7.01. The molecule has 134 valence electrons. The number of amides is 1. The number of carbonyl (C=O) groups is 1. The molecule has 1 fully saturated rings. The first-order chi connectivity index (χ1) is 11.0. The molecule has 1 rings (SSSR count). The molecular weight excluding hydrogens is 288 g/mol. The first-order valence-corrected chi connectivity index (χ1v) is 9.35. The number of nitrogens with zero attached hydrogens (tertiary/aromatic N) is 2. The Morgan fingerprint density at radius 2 is 1.83 bits per heavy atom. The summed E-state index contributed by atoms with van der Waals surface area (Å²) in [4.78, 5) is 18.6. The maximum atomic E-state index is 12.2. The van der Waals surface area contributed by atoms with E-state index in [4.69, 9.17) is 0 Å². The van der Waals surface area contributed by atoms with Gasteiger partial charge in [-0.1, -0.05) is 26.7 Å². The summed E-state index contributed by atoms with van der Waals surface area (Å²) in [6.07, 6.45) is 7.10. The van der Waals surface area contributed by atoms with Crippen molar-refractivity contribution in [1.82, 2.24) is 15.5 Å². The van der Waals surface area contributed by atoms with Crippen LogP contribution in [0.15, 0.2) is 4.99 Å². The Hall–Kier alpha value is -1.26. The lowest BCUT2D eigenvalue weighted by Crippen LogP contribution is -2.43. The van der Waals surface area contributed by atoms with Crippen molar-refractivity contribution < 1.29 is 4.79 Å². The predicted molar refractivity (Wildman–Crippen MR) is 97.7 cm³/mol. The number of piperidine rings is 1. The summed E-state index contributed by atoms with van der Waals surface area (Å²) < 4.78 is 0. The van der Waals surface area contributed by atoms with Gasteiger partial charge in [-0.25, -0.2) is 4.99 Å². The minimum Gasteiger partial charge on any atom is -0.357 e. The molecule has 0 saturated carbocycles. The molecule has 0 aromatic rings. The molecular formula is C18H36N4O. The molecule has 23 heavy (non-hydrogen) atoms. The van der Waals surface area contributed by atoms with Crippen LogP contribution in [0.1, 0.15) is 66.2 Å². The fraction of sp³-hybridized carbons (Fsp3) is 0.889. The van der Waals surface area contributed by atoms with Gasteiger partial charge in [-0.2, -0.15) is 0 Å². The minimum absolute atomic E-state index is 0.148. The van der Waals surface area contributed by atoms with Crippen LogP contribution >= 0.6 is 0 Å². The number of aliphatic imine (C=N–C) groups is 1. The first kappa shape index (κ1) is 19.8. The summed E-state index contributed by atoms with van der Waals surface area (Å²) in [6, 6.07) is 0.372. The van der Waals surface area contributed by atoms with E-state index in [1.807, 2.05) is 11.8 Å². The SMILES string of the molecule is CCNC(=NCC(=O)N1CCCCC1)NC(C)CCCC(C)C. The van der Waals surface area contributed by atoms with Crippen molar-refractivity contribution in [3.63, 3.8) is 0 Å². The molecule has 1 aliphatic heterocycles. The highest BCUT2D eigenvalue weighted by Gasteiger charge is 2.16. The van der Waals surface area contributed by atoms with Gasteiger partial charge in [0.25, 0.3) is 0 Å². The monoisotopic (exact) mass is 324 g/mol. The number of likely N-dealkylation sites (tertiary alicyclic amines) is 1. The van der Waals surface area contributed by atoms with Crippen molar-refractivity contribution in [2.45, 2.75) is 72.3 Å². The van der Waals surface area contributed by atoms with Crippen LogP contribution in [0.2, 0.25) is 0 Å². The summed E-state index contributed by atoms with van der Waals surface area (Å²) in [7, 11) is 0. The minimum atomic E-state index is 0.148. The van der Waals surface area contributed by atoms with Crippen molar-refractivity contribution in [3.05, 3.63) is 0 Å². The van der Waals surface area contributed by atoms with Gasteiger partial charge in [-0.05, 0) is 45.4 Å². The van der Waals surface area contributed by atoms with Gasteiger partial charge in [0.15, 0.2) is 5.96 Å². The van der Waals surface area contributed by atoms with E-state index in [0.29, 0.717) is 6.04 Å². The lowest BCUT2D eigenvalue weighted by atomic mass is 10.0. The standard InChI is InChI=1S/C18H36N4O/c1-5-19-18(21-16(4)11-9-10-15(2)3)20-14-17(23)22-12-7-6-8-13-22/h15-16H,5-14H2,1-4H3,(H2,19,20,21). The average molecular weight is 325 g/mol. The van der Waals surface area contributed by atoms with E-state index in [1.54, 1.807) is 0 Å². The molecule has 0 spiro atoms. The zero-order valence-electron chi connectivity index (χ0n) is 15.5. The molecule has 5 heteroatoms. The molecule has 5 nitrogen and oxygen atoms in total. The molecule has 0 aromatic heterocycles. The Morgan fingerprint density at radius 1 is 1.13 bits per heavy atom. The fourth-order valence-corrected chi connectivity index (χ4v) is 2.85. The quantitative estimate of drug-likeness (QED) is 0.533. The normalized spacial score (nSPS) is 17.3. The number of guanidine groups is 1. The topological polar surface area (TPSA) is 56.7 Å². The van der Waals surface area contributed by atoms with Crippen LogP contribution in [0.4, 0.5) is 0 Å². The number of hydrogen-bond donors (Lipinski definition) is 2. The Labute approximate surface area is 142 Å². The number of rotatable bonds is 8. The number of carbonyl (C=O) groups excluding carboxylic acids is 1. The smallest absolute Gasteiger partial charge is 0.244 e. The molecule has 1 heterocycles. The van der Waals surface area contributed by atoms with Crippen molar-refractivity contribution in [1.29, 1.82) is 0 Å². The average Bonchev–Trinajstić information content (AvgIpc) is 2.53. The lowest BCUT2D eigenvalue weighted by molar-refractivity contribution is -0.130. The maximum absolute atomic E-state index is 12.2. The summed E-state index contributed by atoms with van der Waals surface area (Å²) >= 11 is 0. The van der Waals surface area contributed by atoms with Gasteiger partial charge in [-0.3, -0.25) is 4.79 Å². The Balaban J connectivity index is 2.40. The summed E-state index contributed by atoms with van der Waals surface area (Å²) in [5, 5.41) is 6.66. The van der Waals surface area contributed by atoms with Crippen molar-refractivity contribution in [2.24, 2.45) is 10.9 Å². The second kappa shape index (κ2) is 11.3. The summed E-state index contributed by atoms with van der Waals surface area (Å²) in [5.41, 5.74) is 0. The van der Waals surface area contributed by atoms with Gasteiger partial charge in [0.05, 0.1) is 0 Å². The maximum Gasteiger partial charge on any atom is 0.244 e. The first-order valence-electron chi connectivity index (χ1n) is 9.35. The van der Waals surface area contributed by atoms with Gasteiger partial charge >= 0.3 is 0 Å². The molecule has 1 atom stereocenters. The van der Waals surface area contributed by atoms with Gasteiger partial charge in [0.2, 0.25) is 5.91 Å². The van der Waals surface area contributed by atoms with E-state index < -0.39 is 0 Å². The van der Waals surface area contributed by atoms with Crippen LogP contribution < -0.4 is 10.6 Å². The van der Waals surface area contributed by atoms with Crippen LogP contribution in [0.3, 0.4) is 0 Å². The number of hydrogen-bond acceptors (Lipinski definition) is 2. The highest BCUT2D eigenvalue weighted by molar-refractivity contribution is 5.85. The molecule has 2 N–H and O–H groups in total. The van der Waals surface area contributed by atoms with Crippen LogP contribution in [0, 0.1) is 5.92 Å². The molecule has 1 unspecified atom stereocenters. The van der Waals surface area contributed by atoms with Crippen LogP contribution in [-0.2, 0) is 4.79 Å².